The van der Waals surface area contributed by atoms with Crippen molar-refractivity contribution in [2.75, 3.05) is 17.7 Å². The van der Waals surface area contributed by atoms with Crippen molar-refractivity contribution >= 4 is 45.9 Å². The highest BCUT2D eigenvalue weighted by atomic mass is 35.5. The van der Waals surface area contributed by atoms with Crippen LogP contribution in [0.4, 0.5) is 18.9 Å². The molecule has 0 aliphatic rings. The summed E-state index contributed by atoms with van der Waals surface area (Å²) in [5.74, 6) is -0.974. The van der Waals surface area contributed by atoms with Crippen LogP contribution in [0.5, 0.6) is 0 Å². The quantitative estimate of drug-likeness (QED) is 0.399. The normalized spacial score (nSPS) is 11.6. The third kappa shape index (κ3) is 5.57. The second-order valence-corrected chi connectivity index (χ2v) is 7.85. The van der Waals surface area contributed by atoms with E-state index in [4.69, 9.17) is 16.7 Å². The molecule has 1 amide bonds. The third-order valence-electron chi connectivity index (χ3n) is 4.26. The number of amides is 1. The van der Waals surface area contributed by atoms with Crippen LogP contribution in [0, 0.1) is 0 Å². The van der Waals surface area contributed by atoms with E-state index in [1.165, 1.54) is 10.6 Å². The van der Waals surface area contributed by atoms with E-state index in [1.54, 1.807) is 24.3 Å². The summed E-state index contributed by atoms with van der Waals surface area (Å²) in [7, 11) is 0. The van der Waals surface area contributed by atoms with Crippen LogP contribution in [0.25, 0.3) is 10.9 Å². The van der Waals surface area contributed by atoms with E-state index in [2.05, 4.69) is 10.3 Å². The number of fused-ring (bicyclic) bond motifs is 1. The number of nitrogens with zero attached hydrogens (tertiary/aromatic N) is 2. The number of benzene rings is 2. The zero-order valence-corrected chi connectivity index (χ0v) is 17.5. The fraction of sp³-hybridized carbons (Fsp3) is 0.250. The van der Waals surface area contributed by atoms with Gasteiger partial charge in [0.15, 0.2) is 5.16 Å². The molecular weight excluding hydrogens is 455 g/mol. The van der Waals surface area contributed by atoms with Crippen molar-refractivity contribution in [1.82, 2.24) is 9.55 Å². The summed E-state index contributed by atoms with van der Waals surface area (Å²) >= 11 is 6.57. The molecule has 0 saturated heterocycles. The number of halogens is 4. The summed E-state index contributed by atoms with van der Waals surface area (Å²) in [6, 6.07) is 9.76. The van der Waals surface area contributed by atoms with Gasteiger partial charge >= 0.3 is 6.18 Å². The summed E-state index contributed by atoms with van der Waals surface area (Å²) in [4.78, 5) is 29.5. The molecule has 164 valence electrons. The maximum atomic E-state index is 13.2. The number of thioether (sulfide) groups is 1. The number of hydrogen-bond donors (Lipinski definition) is 2. The largest absolute Gasteiger partial charge is 0.418 e. The molecule has 1 aromatic heterocycles. The van der Waals surface area contributed by atoms with Gasteiger partial charge in [0.1, 0.15) is 0 Å². The number of carbonyl (C=O) groups excluding carboxylic acids is 1. The number of alkyl halides is 3. The zero-order valence-electron chi connectivity index (χ0n) is 15.9. The Morgan fingerprint density at radius 3 is 2.68 bits per heavy atom. The molecule has 2 aromatic carbocycles. The minimum atomic E-state index is -4.69. The molecular formula is C20H17ClF3N3O3S. The number of aromatic nitrogens is 2. The fourth-order valence-corrected chi connectivity index (χ4v) is 3.86. The summed E-state index contributed by atoms with van der Waals surface area (Å²) in [5, 5.41) is 11.9. The first-order valence-electron chi connectivity index (χ1n) is 9.10. The Hall–Kier alpha value is -2.56. The van der Waals surface area contributed by atoms with Gasteiger partial charge in [-0.3, -0.25) is 14.2 Å². The maximum Gasteiger partial charge on any atom is 0.418 e. The van der Waals surface area contributed by atoms with Crippen LogP contribution in [0.3, 0.4) is 0 Å². The molecule has 0 bridgehead atoms. The van der Waals surface area contributed by atoms with E-state index in [0.29, 0.717) is 17.3 Å². The first-order chi connectivity index (χ1) is 14.7. The lowest BCUT2D eigenvalue weighted by atomic mass is 10.1. The number of rotatable bonds is 7. The van der Waals surface area contributed by atoms with Crippen molar-refractivity contribution in [2.24, 2.45) is 0 Å². The van der Waals surface area contributed by atoms with E-state index in [9.17, 15) is 22.8 Å². The van der Waals surface area contributed by atoms with Crippen molar-refractivity contribution in [3.05, 3.63) is 63.4 Å². The lowest BCUT2D eigenvalue weighted by Crippen LogP contribution is -2.25. The lowest BCUT2D eigenvalue weighted by molar-refractivity contribution is -0.137. The smallest absolute Gasteiger partial charge is 0.396 e. The lowest BCUT2D eigenvalue weighted by Gasteiger charge is -2.15. The monoisotopic (exact) mass is 471 g/mol. The highest BCUT2D eigenvalue weighted by molar-refractivity contribution is 7.99. The molecule has 0 fully saturated rings. The van der Waals surface area contributed by atoms with Gasteiger partial charge in [-0.25, -0.2) is 4.98 Å². The molecule has 2 N–H and O–H groups in total. The molecule has 0 saturated carbocycles. The predicted molar refractivity (Wildman–Crippen MR) is 114 cm³/mol. The van der Waals surface area contributed by atoms with Gasteiger partial charge in [-0.1, -0.05) is 35.5 Å². The zero-order chi connectivity index (χ0) is 22.6. The Balaban J connectivity index is 1.83. The second-order valence-electron chi connectivity index (χ2n) is 6.47. The van der Waals surface area contributed by atoms with Crippen LogP contribution in [0.15, 0.2) is 52.4 Å². The number of nitrogens with one attached hydrogen (secondary N) is 1. The summed E-state index contributed by atoms with van der Waals surface area (Å²) in [6.07, 6.45) is -4.38. The van der Waals surface area contributed by atoms with Crippen LogP contribution >= 0.6 is 23.4 Å². The first-order valence-corrected chi connectivity index (χ1v) is 10.5. The molecule has 0 unspecified atom stereocenters. The SMILES string of the molecule is O=C(CSc1nc2ccccc2c(=O)n1CCCO)Nc1ccc(Cl)cc1C(F)(F)F. The van der Waals surface area contributed by atoms with Gasteiger partial charge in [0, 0.05) is 18.2 Å². The van der Waals surface area contributed by atoms with Crippen molar-refractivity contribution in [3.8, 4) is 0 Å². The molecule has 31 heavy (non-hydrogen) atoms. The average Bonchev–Trinajstić information content (AvgIpc) is 2.72. The topological polar surface area (TPSA) is 84.2 Å². The van der Waals surface area contributed by atoms with Crippen molar-refractivity contribution in [1.29, 1.82) is 0 Å². The number of anilines is 1. The Kier molecular flexibility index (Phi) is 7.24. The standard InChI is InChI=1S/C20H17ClF3N3O3S/c21-12-6-7-16(14(10-12)20(22,23)24)25-17(29)11-31-19-26-15-5-2-1-4-13(15)18(30)27(19)8-3-9-28/h1-2,4-7,10,28H,3,8-9,11H2,(H,25,29). The van der Waals surface area contributed by atoms with Gasteiger partial charge in [0.05, 0.1) is 27.9 Å². The Morgan fingerprint density at radius 2 is 1.97 bits per heavy atom. The summed E-state index contributed by atoms with van der Waals surface area (Å²) in [5.41, 5.74) is -1.35. The summed E-state index contributed by atoms with van der Waals surface area (Å²) in [6.45, 7) is 0.0488. The van der Waals surface area contributed by atoms with Gasteiger partial charge in [0.2, 0.25) is 5.91 Å². The van der Waals surface area contributed by atoms with Gasteiger partial charge < -0.3 is 10.4 Å². The van der Waals surface area contributed by atoms with Gasteiger partial charge in [-0.05, 0) is 36.8 Å². The molecule has 3 aromatic rings. The minimum absolute atomic E-state index is 0.104. The second kappa shape index (κ2) is 9.71. The van der Waals surface area contributed by atoms with Crippen LogP contribution < -0.4 is 10.9 Å². The summed E-state index contributed by atoms with van der Waals surface area (Å²) < 4.78 is 41.0. The third-order valence-corrected chi connectivity index (χ3v) is 5.47. The molecule has 0 atom stereocenters. The molecule has 3 rings (SSSR count). The first kappa shape index (κ1) is 23.1. The van der Waals surface area contributed by atoms with Gasteiger partial charge in [0.25, 0.3) is 5.56 Å². The predicted octanol–water partition coefficient (Wildman–Crippen LogP) is 4.18. The number of carbonyl (C=O) groups is 1. The molecule has 6 nitrogen and oxygen atoms in total. The minimum Gasteiger partial charge on any atom is -0.396 e. The number of aliphatic hydroxyl groups is 1. The van der Waals surface area contributed by atoms with Crippen molar-refractivity contribution < 1.29 is 23.1 Å². The number of aliphatic hydroxyl groups excluding tert-OH is 1. The van der Waals surface area contributed by atoms with Gasteiger partial charge in [-0.15, -0.1) is 0 Å². The number of hydrogen-bond acceptors (Lipinski definition) is 5. The molecule has 0 radical (unpaired) electrons. The van der Waals surface area contributed by atoms with E-state index in [1.807, 2.05) is 0 Å². The Labute approximate surface area is 184 Å². The van der Waals surface area contributed by atoms with E-state index in [-0.39, 0.29) is 34.6 Å². The van der Waals surface area contributed by atoms with Crippen LogP contribution in [-0.2, 0) is 17.5 Å². The average molecular weight is 472 g/mol. The number of para-hydroxylation sites is 1. The van der Waals surface area contributed by atoms with Crippen LogP contribution in [-0.4, -0.2) is 32.9 Å². The van der Waals surface area contributed by atoms with E-state index in [0.717, 1.165) is 23.9 Å². The highest BCUT2D eigenvalue weighted by Gasteiger charge is 2.34. The van der Waals surface area contributed by atoms with Crippen molar-refractivity contribution in [3.63, 3.8) is 0 Å². The van der Waals surface area contributed by atoms with Crippen molar-refractivity contribution in [2.45, 2.75) is 24.3 Å². The molecule has 1 heterocycles. The maximum absolute atomic E-state index is 13.2. The van der Waals surface area contributed by atoms with E-state index >= 15 is 0 Å². The van der Waals surface area contributed by atoms with Crippen LogP contribution in [0.2, 0.25) is 5.02 Å². The molecule has 11 heteroatoms. The Bertz CT molecular complexity index is 1170. The Morgan fingerprint density at radius 1 is 1.23 bits per heavy atom. The molecule has 0 spiro atoms. The molecule has 0 aliphatic carbocycles. The molecule has 0 aliphatic heterocycles. The van der Waals surface area contributed by atoms with E-state index < -0.39 is 23.3 Å². The fourth-order valence-electron chi connectivity index (χ4n) is 2.86. The van der Waals surface area contributed by atoms with Crippen LogP contribution in [0.1, 0.15) is 12.0 Å². The van der Waals surface area contributed by atoms with Gasteiger partial charge in [-0.2, -0.15) is 13.2 Å². The highest BCUT2D eigenvalue weighted by Crippen LogP contribution is 2.36.